The highest BCUT2D eigenvalue weighted by atomic mass is 79.9. The minimum atomic E-state index is -0.134. The predicted molar refractivity (Wildman–Crippen MR) is 88.9 cm³/mol. The Morgan fingerprint density at radius 2 is 1.68 bits per heavy atom. The summed E-state index contributed by atoms with van der Waals surface area (Å²) in [5.41, 5.74) is 8.24. The van der Waals surface area contributed by atoms with Crippen LogP contribution >= 0.6 is 55.1 Å². The lowest BCUT2D eigenvalue weighted by molar-refractivity contribution is 0.721. The Balaban J connectivity index is 2.25. The van der Waals surface area contributed by atoms with E-state index in [2.05, 4.69) is 31.9 Å². The molecule has 0 bridgehead atoms. The van der Waals surface area contributed by atoms with E-state index in [4.69, 9.17) is 28.9 Å². The summed E-state index contributed by atoms with van der Waals surface area (Å²) in [6, 6.07) is 11.5. The number of hydrogen-bond donors (Lipinski definition) is 1. The molecule has 0 aliphatic heterocycles. The summed E-state index contributed by atoms with van der Waals surface area (Å²) in [7, 11) is 0. The molecule has 0 radical (unpaired) electrons. The molecule has 2 N–H and O–H groups in total. The number of rotatable bonds is 3. The molecule has 1 unspecified atom stereocenters. The van der Waals surface area contributed by atoms with Gasteiger partial charge in [0, 0.05) is 15.0 Å². The van der Waals surface area contributed by atoms with Crippen LogP contribution in [0.2, 0.25) is 10.0 Å². The molecule has 100 valence electrons. The van der Waals surface area contributed by atoms with Gasteiger partial charge in [-0.15, -0.1) is 0 Å². The molecular formula is C14H11Br2Cl2N. The van der Waals surface area contributed by atoms with Crippen molar-refractivity contribution < 1.29 is 0 Å². The second-order valence-electron chi connectivity index (χ2n) is 4.23. The minimum Gasteiger partial charge on any atom is -0.324 e. The average Bonchev–Trinajstić information content (AvgIpc) is 2.33. The van der Waals surface area contributed by atoms with Crippen LogP contribution < -0.4 is 5.73 Å². The third kappa shape index (κ3) is 3.96. The molecule has 19 heavy (non-hydrogen) atoms. The zero-order valence-corrected chi connectivity index (χ0v) is 14.5. The van der Waals surface area contributed by atoms with Crippen molar-refractivity contribution in [3.63, 3.8) is 0 Å². The van der Waals surface area contributed by atoms with E-state index in [0.29, 0.717) is 16.5 Å². The van der Waals surface area contributed by atoms with Gasteiger partial charge in [-0.2, -0.15) is 0 Å². The fourth-order valence-corrected chi connectivity index (χ4v) is 3.58. The molecule has 5 heteroatoms. The van der Waals surface area contributed by atoms with Gasteiger partial charge in [-0.1, -0.05) is 67.2 Å². The van der Waals surface area contributed by atoms with Crippen LogP contribution in [-0.2, 0) is 6.42 Å². The largest absolute Gasteiger partial charge is 0.324 e. The zero-order valence-electron chi connectivity index (χ0n) is 9.84. The lowest BCUT2D eigenvalue weighted by Crippen LogP contribution is -2.13. The molecule has 0 saturated heterocycles. The topological polar surface area (TPSA) is 26.0 Å². The molecule has 0 aliphatic carbocycles. The lowest BCUT2D eigenvalue weighted by atomic mass is 10.00. The van der Waals surface area contributed by atoms with Gasteiger partial charge in [-0.05, 0) is 41.8 Å². The maximum atomic E-state index is 6.24. The molecule has 0 spiro atoms. The van der Waals surface area contributed by atoms with Crippen molar-refractivity contribution in [1.29, 1.82) is 0 Å². The first-order valence-electron chi connectivity index (χ1n) is 5.62. The highest BCUT2D eigenvalue weighted by molar-refractivity contribution is 9.11. The number of halogens is 4. The summed E-state index contributed by atoms with van der Waals surface area (Å²) in [6.07, 6.45) is 0.641. The van der Waals surface area contributed by atoms with E-state index in [0.717, 1.165) is 20.1 Å². The van der Waals surface area contributed by atoms with Crippen LogP contribution in [0.5, 0.6) is 0 Å². The minimum absolute atomic E-state index is 0.134. The smallest absolute Gasteiger partial charge is 0.0624 e. The van der Waals surface area contributed by atoms with Crippen LogP contribution in [0.1, 0.15) is 17.2 Å². The third-order valence-electron chi connectivity index (χ3n) is 2.78. The van der Waals surface area contributed by atoms with Crippen LogP contribution in [0.15, 0.2) is 45.3 Å². The maximum Gasteiger partial charge on any atom is 0.0624 e. The van der Waals surface area contributed by atoms with E-state index >= 15 is 0 Å². The Bertz CT molecular complexity index is 582. The Kier molecular flexibility index (Phi) is 5.32. The van der Waals surface area contributed by atoms with Gasteiger partial charge in [0.2, 0.25) is 0 Å². The Hall–Kier alpha value is -0.0600. The first-order valence-corrected chi connectivity index (χ1v) is 7.96. The summed E-state index contributed by atoms with van der Waals surface area (Å²) in [5, 5.41) is 1.13. The summed E-state index contributed by atoms with van der Waals surface area (Å²) in [5.74, 6) is 0. The summed E-state index contributed by atoms with van der Waals surface area (Å²) in [4.78, 5) is 0. The Labute approximate surface area is 139 Å². The molecule has 0 saturated carbocycles. The van der Waals surface area contributed by atoms with Crippen molar-refractivity contribution in [3.8, 4) is 0 Å². The quantitative estimate of drug-likeness (QED) is 0.667. The highest BCUT2D eigenvalue weighted by Gasteiger charge is 2.12. The molecule has 0 aromatic heterocycles. The van der Waals surface area contributed by atoms with Crippen molar-refractivity contribution in [2.75, 3.05) is 0 Å². The van der Waals surface area contributed by atoms with Crippen molar-refractivity contribution in [2.45, 2.75) is 12.5 Å². The van der Waals surface area contributed by atoms with E-state index in [9.17, 15) is 0 Å². The van der Waals surface area contributed by atoms with Gasteiger partial charge in [0.1, 0.15) is 0 Å². The maximum absolute atomic E-state index is 6.24. The van der Waals surface area contributed by atoms with E-state index in [-0.39, 0.29) is 6.04 Å². The van der Waals surface area contributed by atoms with Gasteiger partial charge in [-0.25, -0.2) is 0 Å². The zero-order chi connectivity index (χ0) is 14.0. The Morgan fingerprint density at radius 1 is 1.05 bits per heavy atom. The monoisotopic (exact) mass is 421 g/mol. The standard InChI is InChI=1S/C14H11Br2Cl2N/c15-10-4-9(5-11(16)7-10)13(19)6-8-2-1-3-12(17)14(8)18/h1-5,7,13H,6,19H2. The molecule has 0 fully saturated rings. The van der Waals surface area contributed by atoms with Crippen LogP contribution in [0.3, 0.4) is 0 Å². The van der Waals surface area contributed by atoms with Crippen LogP contribution in [0.25, 0.3) is 0 Å². The lowest BCUT2D eigenvalue weighted by Gasteiger charge is -2.14. The molecule has 2 aromatic rings. The molecule has 0 amide bonds. The number of nitrogens with two attached hydrogens (primary N) is 1. The second kappa shape index (κ2) is 6.59. The van der Waals surface area contributed by atoms with E-state index < -0.39 is 0 Å². The highest BCUT2D eigenvalue weighted by Crippen LogP contribution is 2.30. The molecule has 2 aromatic carbocycles. The van der Waals surface area contributed by atoms with Gasteiger partial charge < -0.3 is 5.73 Å². The summed E-state index contributed by atoms with van der Waals surface area (Å²) in [6.45, 7) is 0. The number of benzene rings is 2. The van der Waals surface area contributed by atoms with Gasteiger partial charge >= 0.3 is 0 Å². The molecule has 1 nitrogen and oxygen atoms in total. The van der Waals surface area contributed by atoms with Crippen molar-refractivity contribution in [1.82, 2.24) is 0 Å². The van der Waals surface area contributed by atoms with Crippen LogP contribution in [0.4, 0.5) is 0 Å². The molecule has 0 heterocycles. The molecular weight excluding hydrogens is 413 g/mol. The van der Waals surface area contributed by atoms with Crippen LogP contribution in [0, 0.1) is 0 Å². The van der Waals surface area contributed by atoms with Gasteiger partial charge in [0.05, 0.1) is 10.0 Å². The fourth-order valence-electron chi connectivity index (χ4n) is 1.85. The first kappa shape index (κ1) is 15.3. The summed E-state index contributed by atoms with van der Waals surface area (Å²) >= 11 is 19.1. The average molecular weight is 424 g/mol. The molecule has 1 atom stereocenters. The van der Waals surface area contributed by atoms with Crippen molar-refractivity contribution in [2.24, 2.45) is 5.73 Å². The van der Waals surface area contributed by atoms with Gasteiger partial charge in [0.15, 0.2) is 0 Å². The Morgan fingerprint density at radius 3 is 2.32 bits per heavy atom. The van der Waals surface area contributed by atoms with Crippen molar-refractivity contribution >= 4 is 55.1 Å². The van der Waals surface area contributed by atoms with Crippen LogP contribution in [-0.4, -0.2) is 0 Å². The van der Waals surface area contributed by atoms with E-state index in [1.165, 1.54) is 0 Å². The molecule has 0 aliphatic rings. The third-order valence-corrected chi connectivity index (χ3v) is 4.56. The predicted octanol–water partition coefficient (Wildman–Crippen LogP) is 5.76. The molecule has 2 rings (SSSR count). The fraction of sp³-hybridized carbons (Fsp3) is 0.143. The van der Waals surface area contributed by atoms with E-state index in [1.54, 1.807) is 6.07 Å². The normalized spacial score (nSPS) is 12.5. The van der Waals surface area contributed by atoms with Gasteiger partial charge in [-0.3, -0.25) is 0 Å². The van der Waals surface area contributed by atoms with Gasteiger partial charge in [0.25, 0.3) is 0 Å². The second-order valence-corrected chi connectivity index (χ2v) is 6.84. The number of hydrogen-bond acceptors (Lipinski definition) is 1. The first-order chi connectivity index (χ1) is 8.97. The SMILES string of the molecule is NC(Cc1cccc(Cl)c1Cl)c1cc(Br)cc(Br)c1. The van der Waals surface area contributed by atoms with Crippen molar-refractivity contribution in [3.05, 3.63) is 66.5 Å². The van der Waals surface area contributed by atoms with E-state index in [1.807, 2.05) is 30.3 Å². The summed E-state index contributed by atoms with van der Waals surface area (Å²) < 4.78 is 1.98.